The van der Waals surface area contributed by atoms with Crippen LogP contribution >= 0.6 is 11.3 Å². The number of rotatable bonds is 5. The van der Waals surface area contributed by atoms with Gasteiger partial charge in [0.05, 0.1) is 5.69 Å². The van der Waals surface area contributed by atoms with Crippen LogP contribution in [0.4, 0.5) is 0 Å². The number of likely N-dealkylation sites (tertiary alicyclic amines) is 1. The highest BCUT2D eigenvalue weighted by molar-refractivity contribution is 7.13. The van der Waals surface area contributed by atoms with Gasteiger partial charge in [-0.05, 0) is 38.9 Å². The van der Waals surface area contributed by atoms with E-state index in [0.717, 1.165) is 24.0 Å². The van der Waals surface area contributed by atoms with Crippen LogP contribution in [0, 0.1) is 5.92 Å². The first-order valence-electron chi connectivity index (χ1n) is 7.72. The molecule has 2 heterocycles. The maximum absolute atomic E-state index is 4.81. The predicted molar refractivity (Wildman–Crippen MR) is 89.5 cm³/mol. The maximum atomic E-state index is 4.81. The van der Waals surface area contributed by atoms with Crippen molar-refractivity contribution in [1.29, 1.82) is 0 Å². The van der Waals surface area contributed by atoms with E-state index in [2.05, 4.69) is 39.9 Å². The van der Waals surface area contributed by atoms with Crippen molar-refractivity contribution in [3.8, 4) is 10.6 Å². The van der Waals surface area contributed by atoms with E-state index in [1.165, 1.54) is 37.2 Å². The van der Waals surface area contributed by atoms with Gasteiger partial charge in [0.25, 0.3) is 0 Å². The van der Waals surface area contributed by atoms with Gasteiger partial charge >= 0.3 is 0 Å². The highest BCUT2D eigenvalue weighted by Gasteiger charge is 2.20. The van der Waals surface area contributed by atoms with Crippen molar-refractivity contribution in [2.24, 2.45) is 5.92 Å². The lowest BCUT2D eigenvalue weighted by molar-refractivity contribution is 0.165. The summed E-state index contributed by atoms with van der Waals surface area (Å²) < 4.78 is 0. The number of nitrogens with one attached hydrogen (secondary N) is 1. The SMILES string of the molecule is CNCC1CCCN(Cc2csc(-c3ccccc3)n2)C1. The van der Waals surface area contributed by atoms with Crippen LogP contribution in [0.15, 0.2) is 35.7 Å². The molecule has 1 saturated heterocycles. The van der Waals surface area contributed by atoms with E-state index in [-0.39, 0.29) is 0 Å². The average molecular weight is 301 g/mol. The first-order chi connectivity index (χ1) is 10.3. The summed E-state index contributed by atoms with van der Waals surface area (Å²) in [6.07, 6.45) is 2.66. The Morgan fingerprint density at radius 2 is 2.19 bits per heavy atom. The largest absolute Gasteiger partial charge is 0.319 e. The molecule has 0 radical (unpaired) electrons. The van der Waals surface area contributed by atoms with Crippen molar-refractivity contribution in [3.63, 3.8) is 0 Å². The normalized spacial score (nSPS) is 19.8. The predicted octanol–water partition coefficient (Wildman–Crippen LogP) is 3.24. The topological polar surface area (TPSA) is 28.2 Å². The molecule has 1 aliphatic heterocycles. The molecule has 1 aliphatic rings. The van der Waals surface area contributed by atoms with Crippen LogP contribution in [-0.2, 0) is 6.54 Å². The Balaban J connectivity index is 1.62. The van der Waals surface area contributed by atoms with E-state index < -0.39 is 0 Å². The summed E-state index contributed by atoms with van der Waals surface area (Å²) in [5, 5.41) is 6.65. The third-order valence-electron chi connectivity index (χ3n) is 4.05. The molecule has 0 saturated carbocycles. The number of hydrogen-bond donors (Lipinski definition) is 1. The number of hydrogen-bond acceptors (Lipinski definition) is 4. The van der Waals surface area contributed by atoms with E-state index in [0.29, 0.717) is 0 Å². The molecule has 1 fully saturated rings. The van der Waals surface area contributed by atoms with Crippen molar-refractivity contribution in [2.75, 3.05) is 26.7 Å². The van der Waals surface area contributed by atoms with Crippen molar-refractivity contribution in [3.05, 3.63) is 41.4 Å². The molecule has 0 aliphatic carbocycles. The third-order valence-corrected chi connectivity index (χ3v) is 4.99. The Kier molecular flexibility index (Phi) is 5.01. The van der Waals surface area contributed by atoms with Crippen molar-refractivity contribution in [2.45, 2.75) is 19.4 Å². The molecule has 2 aromatic rings. The van der Waals surface area contributed by atoms with Gasteiger partial charge in [0.2, 0.25) is 0 Å². The summed E-state index contributed by atoms with van der Waals surface area (Å²) in [7, 11) is 2.05. The van der Waals surface area contributed by atoms with Crippen LogP contribution < -0.4 is 5.32 Å². The van der Waals surface area contributed by atoms with E-state index in [1.807, 2.05) is 13.1 Å². The summed E-state index contributed by atoms with van der Waals surface area (Å²) >= 11 is 1.75. The molecular weight excluding hydrogens is 278 g/mol. The van der Waals surface area contributed by atoms with E-state index in [9.17, 15) is 0 Å². The Morgan fingerprint density at radius 3 is 3.00 bits per heavy atom. The third kappa shape index (κ3) is 3.90. The molecule has 0 spiro atoms. The smallest absolute Gasteiger partial charge is 0.123 e. The summed E-state index contributed by atoms with van der Waals surface area (Å²) in [5.74, 6) is 0.788. The van der Waals surface area contributed by atoms with Crippen LogP contribution in [0.25, 0.3) is 10.6 Å². The first-order valence-corrected chi connectivity index (χ1v) is 8.60. The first kappa shape index (κ1) is 14.7. The van der Waals surface area contributed by atoms with E-state index in [1.54, 1.807) is 11.3 Å². The fourth-order valence-electron chi connectivity index (χ4n) is 3.07. The summed E-state index contributed by atoms with van der Waals surface area (Å²) in [4.78, 5) is 7.36. The Labute approximate surface area is 131 Å². The molecule has 1 atom stereocenters. The standard InChI is InChI=1S/C17H23N3S/c1-18-10-14-6-5-9-20(11-14)12-16-13-21-17(19-16)15-7-3-2-4-8-15/h2-4,7-8,13-14,18H,5-6,9-12H2,1H3. The molecule has 1 aromatic heterocycles. The molecule has 1 aromatic carbocycles. The maximum Gasteiger partial charge on any atom is 0.123 e. The molecule has 112 valence electrons. The molecular formula is C17H23N3S. The van der Waals surface area contributed by atoms with Gasteiger partial charge in [0, 0.05) is 24.0 Å². The zero-order valence-electron chi connectivity index (χ0n) is 12.6. The summed E-state index contributed by atoms with van der Waals surface area (Å²) in [6.45, 7) is 4.52. The number of benzene rings is 1. The van der Waals surface area contributed by atoms with Crippen molar-refractivity contribution in [1.82, 2.24) is 15.2 Å². The van der Waals surface area contributed by atoms with Gasteiger partial charge in [-0.25, -0.2) is 4.98 Å². The van der Waals surface area contributed by atoms with Crippen molar-refractivity contribution >= 4 is 11.3 Å². The lowest BCUT2D eigenvalue weighted by Gasteiger charge is -2.32. The second-order valence-corrected chi connectivity index (χ2v) is 6.67. The van der Waals surface area contributed by atoms with Gasteiger partial charge in [-0.15, -0.1) is 11.3 Å². The van der Waals surface area contributed by atoms with Crippen LogP contribution in [0.5, 0.6) is 0 Å². The minimum atomic E-state index is 0.788. The van der Waals surface area contributed by atoms with Crippen LogP contribution in [-0.4, -0.2) is 36.6 Å². The fourth-order valence-corrected chi connectivity index (χ4v) is 3.89. The molecule has 0 bridgehead atoms. The van der Waals surface area contributed by atoms with Crippen LogP contribution in [0.1, 0.15) is 18.5 Å². The fraction of sp³-hybridized carbons (Fsp3) is 0.471. The second kappa shape index (κ2) is 7.16. The minimum Gasteiger partial charge on any atom is -0.319 e. The highest BCUT2D eigenvalue weighted by atomic mass is 32.1. The van der Waals surface area contributed by atoms with Gasteiger partial charge in [0.1, 0.15) is 5.01 Å². The van der Waals surface area contributed by atoms with Gasteiger partial charge in [0.15, 0.2) is 0 Å². The van der Waals surface area contributed by atoms with Gasteiger partial charge in [-0.1, -0.05) is 30.3 Å². The molecule has 4 heteroatoms. The Bertz CT molecular complexity index is 550. The van der Waals surface area contributed by atoms with Gasteiger partial charge < -0.3 is 5.32 Å². The Morgan fingerprint density at radius 1 is 1.33 bits per heavy atom. The monoisotopic (exact) mass is 301 g/mol. The van der Waals surface area contributed by atoms with E-state index >= 15 is 0 Å². The number of piperidine rings is 1. The molecule has 3 rings (SSSR count). The van der Waals surface area contributed by atoms with Crippen LogP contribution in [0.3, 0.4) is 0 Å². The molecule has 0 amide bonds. The Hall–Kier alpha value is -1.23. The van der Waals surface area contributed by atoms with Gasteiger partial charge in [-0.3, -0.25) is 4.90 Å². The molecule has 1 unspecified atom stereocenters. The van der Waals surface area contributed by atoms with Gasteiger partial charge in [-0.2, -0.15) is 0 Å². The lowest BCUT2D eigenvalue weighted by atomic mass is 9.98. The molecule has 21 heavy (non-hydrogen) atoms. The summed E-state index contributed by atoms with van der Waals surface area (Å²) in [6, 6.07) is 10.5. The van der Waals surface area contributed by atoms with E-state index in [4.69, 9.17) is 4.98 Å². The summed E-state index contributed by atoms with van der Waals surface area (Å²) in [5.41, 5.74) is 2.43. The minimum absolute atomic E-state index is 0.788. The molecule has 1 N–H and O–H groups in total. The molecule has 3 nitrogen and oxygen atoms in total. The number of thiazole rings is 1. The van der Waals surface area contributed by atoms with Crippen LogP contribution in [0.2, 0.25) is 0 Å². The zero-order chi connectivity index (χ0) is 14.5. The number of aromatic nitrogens is 1. The highest BCUT2D eigenvalue weighted by Crippen LogP contribution is 2.25. The second-order valence-electron chi connectivity index (χ2n) is 5.81. The lowest BCUT2D eigenvalue weighted by Crippen LogP contribution is -2.38. The van der Waals surface area contributed by atoms with Crippen molar-refractivity contribution < 1.29 is 0 Å². The zero-order valence-corrected chi connectivity index (χ0v) is 13.4. The average Bonchev–Trinajstić information content (AvgIpc) is 2.97. The quantitative estimate of drug-likeness (QED) is 0.919. The number of nitrogens with zero attached hydrogens (tertiary/aromatic N) is 2.